The standard InChI is InChI=1S/C12H19N3O3S/c1-4-9-8(2)19-11(13-9)14-12(18)15(3)7-5-6-10(16)17/h4-7H2,1-3H3,(H,16,17)(H,13,14,18). The second kappa shape index (κ2) is 7.08. The zero-order valence-electron chi connectivity index (χ0n) is 11.4. The molecule has 0 saturated heterocycles. The summed E-state index contributed by atoms with van der Waals surface area (Å²) in [6.07, 6.45) is 1.34. The van der Waals surface area contributed by atoms with Crippen molar-refractivity contribution in [1.82, 2.24) is 9.88 Å². The number of nitrogens with zero attached hydrogens (tertiary/aromatic N) is 2. The number of anilines is 1. The Bertz CT molecular complexity index is 459. The van der Waals surface area contributed by atoms with Crippen LogP contribution in [-0.4, -0.2) is 40.6 Å². The van der Waals surface area contributed by atoms with Gasteiger partial charge in [0.15, 0.2) is 5.13 Å². The molecular formula is C12H19N3O3S. The Balaban J connectivity index is 2.46. The number of thiazole rings is 1. The van der Waals surface area contributed by atoms with Gasteiger partial charge in [-0.15, -0.1) is 11.3 Å². The average molecular weight is 285 g/mol. The van der Waals surface area contributed by atoms with Gasteiger partial charge in [-0.1, -0.05) is 6.92 Å². The van der Waals surface area contributed by atoms with Crippen LogP contribution >= 0.6 is 11.3 Å². The molecule has 6 nitrogen and oxygen atoms in total. The van der Waals surface area contributed by atoms with Crippen LogP contribution in [0.5, 0.6) is 0 Å². The van der Waals surface area contributed by atoms with Gasteiger partial charge in [-0.3, -0.25) is 10.1 Å². The summed E-state index contributed by atoms with van der Waals surface area (Å²) in [6, 6.07) is -0.262. The molecule has 0 fully saturated rings. The molecule has 0 atom stereocenters. The van der Waals surface area contributed by atoms with Crippen LogP contribution in [0.4, 0.5) is 9.93 Å². The van der Waals surface area contributed by atoms with Crippen LogP contribution in [0.15, 0.2) is 0 Å². The zero-order chi connectivity index (χ0) is 14.4. The van der Waals surface area contributed by atoms with Crippen molar-refractivity contribution in [3.63, 3.8) is 0 Å². The quantitative estimate of drug-likeness (QED) is 0.840. The van der Waals surface area contributed by atoms with E-state index in [0.717, 1.165) is 17.0 Å². The number of aromatic nitrogens is 1. The number of aryl methyl sites for hydroxylation is 2. The van der Waals surface area contributed by atoms with Crippen LogP contribution in [0.25, 0.3) is 0 Å². The Morgan fingerprint density at radius 3 is 2.68 bits per heavy atom. The number of carbonyl (C=O) groups excluding carboxylic acids is 1. The number of aliphatic carboxylic acids is 1. The van der Waals surface area contributed by atoms with Gasteiger partial charge in [0.05, 0.1) is 5.69 Å². The lowest BCUT2D eigenvalue weighted by Crippen LogP contribution is -2.32. The molecular weight excluding hydrogens is 266 g/mol. The highest BCUT2D eigenvalue weighted by molar-refractivity contribution is 7.15. The average Bonchev–Trinajstić information content (AvgIpc) is 2.68. The number of urea groups is 1. The van der Waals surface area contributed by atoms with E-state index in [1.807, 2.05) is 13.8 Å². The highest BCUT2D eigenvalue weighted by atomic mass is 32.1. The van der Waals surface area contributed by atoms with E-state index in [1.165, 1.54) is 16.2 Å². The maximum Gasteiger partial charge on any atom is 0.323 e. The van der Waals surface area contributed by atoms with Gasteiger partial charge in [-0.05, 0) is 19.8 Å². The summed E-state index contributed by atoms with van der Waals surface area (Å²) in [7, 11) is 1.64. The maximum absolute atomic E-state index is 11.8. The van der Waals surface area contributed by atoms with E-state index >= 15 is 0 Å². The third-order valence-corrected chi connectivity index (χ3v) is 3.60. The molecule has 0 aliphatic heterocycles. The minimum atomic E-state index is -0.850. The fourth-order valence-corrected chi connectivity index (χ4v) is 2.46. The van der Waals surface area contributed by atoms with Crippen molar-refractivity contribution < 1.29 is 14.7 Å². The van der Waals surface area contributed by atoms with Crippen molar-refractivity contribution in [2.45, 2.75) is 33.1 Å². The van der Waals surface area contributed by atoms with Gasteiger partial charge in [0, 0.05) is 24.9 Å². The summed E-state index contributed by atoms with van der Waals surface area (Å²) in [6.45, 7) is 4.40. The van der Waals surface area contributed by atoms with Crippen LogP contribution in [0, 0.1) is 6.92 Å². The monoisotopic (exact) mass is 285 g/mol. The molecule has 0 saturated carbocycles. The molecule has 7 heteroatoms. The molecule has 0 unspecified atom stereocenters. The molecule has 1 heterocycles. The molecule has 1 aromatic rings. The predicted octanol–water partition coefficient (Wildman–Crippen LogP) is 2.34. The molecule has 2 amide bonds. The maximum atomic E-state index is 11.8. The summed E-state index contributed by atoms with van der Waals surface area (Å²) in [5.41, 5.74) is 0.994. The molecule has 106 valence electrons. The van der Waals surface area contributed by atoms with E-state index in [0.29, 0.717) is 18.1 Å². The van der Waals surface area contributed by atoms with Gasteiger partial charge in [0.1, 0.15) is 0 Å². The Labute approximate surface area is 116 Å². The highest BCUT2D eigenvalue weighted by Gasteiger charge is 2.12. The van der Waals surface area contributed by atoms with E-state index < -0.39 is 5.97 Å². The van der Waals surface area contributed by atoms with Crippen molar-refractivity contribution in [2.75, 3.05) is 18.9 Å². The van der Waals surface area contributed by atoms with Crippen LogP contribution in [-0.2, 0) is 11.2 Å². The van der Waals surface area contributed by atoms with Gasteiger partial charge in [-0.2, -0.15) is 0 Å². The second-order valence-electron chi connectivity index (χ2n) is 4.22. The molecule has 0 radical (unpaired) electrons. The number of carboxylic acid groups (broad SMARTS) is 1. The molecule has 0 bridgehead atoms. The second-order valence-corrected chi connectivity index (χ2v) is 5.43. The van der Waals surface area contributed by atoms with E-state index in [-0.39, 0.29) is 12.5 Å². The van der Waals surface area contributed by atoms with Crippen molar-refractivity contribution in [3.05, 3.63) is 10.6 Å². The fraction of sp³-hybridized carbons (Fsp3) is 0.583. The zero-order valence-corrected chi connectivity index (χ0v) is 12.2. The lowest BCUT2D eigenvalue weighted by molar-refractivity contribution is -0.137. The predicted molar refractivity (Wildman–Crippen MR) is 74.7 cm³/mol. The Kier molecular flexibility index (Phi) is 5.75. The summed E-state index contributed by atoms with van der Waals surface area (Å²) in [5, 5.41) is 11.8. The summed E-state index contributed by atoms with van der Waals surface area (Å²) < 4.78 is 0. The Morgan fingerprint density at radius 1 is 1.47 bits per heavy atom. The normalized spacial score (nSPS) is 10.3. The molecule has 0 spiro atoms. The van der Waals surface area contributed by atoms with Crippen molar-refractivity contribution in [1.29, 1.82) is 0 Å². The van der Waals surface area contributed by atoms with Crippen LogP contribution in [0.3, 0.4) is 0 Å². The topological polar surface area (TPSA) is 82.5 Å². The van der Waals surface area contributed by atoms with Gasteiger partial charge in [-0.25, -0.2) is 9.78 Å². The molecule has 2 N–H and O–H groups in total. The summed E-state index contributed by atoms with van der Waals surface area (Å²) in [5.74, 6) is -0.850. The summed E-state index contributed by atoms with van der Waals surface area (Å²) in [4.78, 5) is 29.1. The van der Waals surface area contributed by atoms with Crippen LogP contribution in [0.2, 0.25) is 0 Å². The number of amides is 2. The van der Waals surface area contributed by atoms with E-state index in [4.69, 9.17) is 5.11 Å². The Morgan fingerprint density at radius 2 is 2.16 bits per heavy atom. The highest BCUT2D eigenvalue weighted by Crippen LogP contribution is 2.22. The number of hydrogen-bond acceptors (Lipinski definition) is 4. The lowest BCUT2D eigenvalue weighted by Gasteiger charge is -2.16. The SMILES string of the molecule is CCc1nc(NC(=O)N(C)CCCC(=O)O)sc1C. The molecule has 19 heavy (non-hydrogen) atoms. The van der Waals surface area contributed by atoms with Crippen LogP contribution in [0.1, 0.15) is 30.3 Å². The van der Waals surface area contributed by atoms with E-state index in [1.54, 1.807) is 7.05 Å². The van der Waals surface area contributed by atoms with E-state index in [9.17, 15) is 9.59 Å². The first kappa shape index (κ1) is 15.4. The fourth-order valence-electron chi connectivity index (χ4n) is 1.57. The van der Waals surface area contributed by atoms with Crippen molar-refractivity contribution in [3.8, 4) is 0 Å². The molecule has 1 rings (SSSR count). The van der Waals surface area contributed by atoms with Gasteiger partial charge >= 0.3 is 12.0 Å². The molecule has 0 aliphatic carbocycles. The number of carboxylic acids is 1. The minimum Gasteiger partial charge on any atom is -0.481 e. The van der Waals surface area contributed by atoms with Crippen molar-refractivity contribution >= 4 is 28.5 Å². The number of rotatable bonds is 6. The Hall–Kier alpha value is -1.63. The number of hydrogen-bond donors (Lipinski definition) is 2. The van der Waals surface area contributed by atoms with Gasteiger partial charge in [0.2, 0.25) is 0 Å². The smallest absolute Gasteiger partial charge is 0.323 e. The largest absolute Gasteiger partial charge is 0.481 e. The third kappa shape index (κ3) is 4.86. The molecule has 0 aromatic carbocycles. The van der Waals surface area contributed by atoms with Crippen molar-refractivity contribution in [2.24, 2.45) is 0 Å². The molecule has 1 aromatic heterocycles. The number of carbonyl (C=O) groups is 2. The third-order valence-electron chi connectivity index (χ3n) is 2.67. The van der Waals surface area contributed by atoms with Gasteiger partial charge in [0.25, 0.3) is 0 Å². The van der Waals surface area contributed by atoms with Crippen LogP contribution < -0.4 is 5.32 Å². The first-order valence-electron chi connectivity index (χ1n) is 6.14. The van der Waals surface area contributed by atoms with E-state index in [2.05, 4.69) is 10.3 Å². The summed E-state index contributed by atoms with van der Waals surface area (Å²) >= 11 is 1.45. The first-order valence-corrected chi connectivity index (χ1v) is 6.96. The lowest BCUT2D eigenvalue weighted by atomic mass is 10.3. The first-order chi connectivity index (χ1) is 8.93. The number of nitrogens with one attached hydrogen (secondary N) is 1. The molecule has 0 aliphatic rings. The van der Waals surface area contributed by atoms with Gasteiger partial charge < -0.3 is 10.0 Å². The minimum absolute atomic E-state index is 0.0635.